The average molecular weight is 518 g/mol. The molecule has 0 heterocycles. The highest BCUT2D eigenvalue weighted by molar-refractivity contribution is 7.85. The zero-order valence-electron chi connectivity index (χ0n) is 23.4. The zero-order chi connectivity index (χ0) is 27.6. The van der Waals surface area contributed by atoms with Gasteiger partial charge in [0, 0.05) is 0 Å². The monoisotopic (exact) mass is 517 g/mol. The van der Waals surface area contributed by atoms with Crippen molar-refractivity contribution < 1.29 is 22.5 Å². The van der Waals surface area contributed by atoms with Crippen LogP contribution in [0.2, 0.25) is 0 Å². The van der Waals surface area contributed by atoms with Crippen molar-refractivity contribution in [3.63, 3.8) is 0 Å². The Bertz CT molecular complexity index is 1130. The van der Waals surface area contributed by atoms with Crippen LogP contribution < -0.4 is 8.91 Å². The van der Waals surface area contributed by atoms with E-state index in [4.69, 9.17) is 4.18 Å². The van der Waals surface area contributed by atoms with Gasteiger partial charge in [-0.05, 0) is 70.9 Å². The van der Waals surface area contributed by atoms with Crippen LogP contribution in [0.1, 0.15) is 126 Å². The van der Waals surface area contributed by atoms with E-state index in [0.29, 0.717) is 0 Å². The topological polar surface area (TPSA) is 92.7 Å². The third kappa shape index (κ3) is 7.32. The van der Waals surface area contributed by atoms with Crippen LogP contribution in [0.5, 0.6) is 5.75 Å². The second-order valence-electron chi connectivity index (χ2n) is 11.3. The lowest BCUT2D eigenvalue weighted by atomic mass is 9.82. The minimum absolute atomic E-state index is 0.0427. The number of aliphatic hydroxyl groups is 1. The summed E-state index contributed by atoms with van der Waals surface area (Å²) in [6.45, 7) is 19.4. The van der Waals surface area contributed by atoms with Gasteiger partial charge in [-0.3, -0.25) is 4.79 Å². The van der Waals surface area contributed by atoms with E-state index in [2.05, 4.69) is 4.72 Å². The molecule has 0 saturated heterocycles. The molecule has 6 nitrogen and oxygen atoms in total. The first-order valence-corrected chi connectivity index (χ1v) is 14.1. The average Bonchev–Trinajstić information content (AvgIpc) is 2.71. The molecule has 0 aliphatic rings. The summed E-state index contributed by atoms with van der Waals surface area (Å²) in [6, 6.07) is 9.41. The first kappa shape index (κ1) is 29.8. The summed E-state index contributed by atoms with van der Waals surface area (Å²) >= 11 is 0. The van der Waals surface area contributed by atoms with Gasteiger partial charge >= 0.3 is 10.3 Å². The van der Waals surface area contributed by atoms with Crippen LogP contribution in [-0.2, 0) is 27.1 Å². The van der Waals surface area contributed by atoms with Crippen molar-refractivity contribution in [2.75, 3.05) is 0 Å². The number of nitrogens with one attached hydrogen (secondary N) is 1. The fourth-order valence-corrected chi connectivity index (χ4v) is 5.16. The quantitative estimate of drug-likeness (QED) is 0.381. The van der Waals surface area contributed by atoms with Gasteiger partial charge < -0.3 is 9.29 Å². The number of para-hydroxylation sites is 1. The Hall–Kier alpha value is -2.38. The lowest BCUT2D eigenvalue weighted by Crippen LogP contribution is -2.36. The van der Waals surface area contributed by atoms with Crippen LogP contribution in [0.15, 0.2) is 30.3 Å². The summed E-state index contributed by atoms with van der Waals surface area (Å²) in [6.07, 6.45) is -0.112. The van der Waals surface area contributed by atoms with Crippen LogP contribution >= 0.6 is 0 Å². The van der Waals surface area contributed by atoms with Crippen LogP contribution in [0, 0.1) is 0 Å². The van der Waals surface area contributed by atoms with E-state index in [1.54, 1.807) is 13.8 Å². The summed E-state index contributed by atoms with van der Waals surface area (Å²) in [5.74, 6) is -0.146. The van der Waals surface area contributed by atoms with Crippen molar-refractivity contribution in [1.82, 2.24) is 4.72 Å². The molecule has 0 spiro atoms. The molecular weight excluding hydrogens is 474 g/mol. The predicted molar refractivity (Wildman–Crippen MR) is 146 cm³/mol. The SMILES string of the molecule is CC(C)c1cc(C(C)(C)O)cc(C(C)C)c1CC(=O)NS(=O)(=O)Oc1c(C(C)C)cccc1C(C)C. The lowest BCUT2D eigenvalue weighted by molar-refractivity contribution is -0.118. The molecule has 0 radical (unpaired) electrons. The molecule has 7 heteroatoms. The molecule has 0 bridgehead atoms. The van der Waals surface area contributed by atoms with E-state index in [-0.39, 0.29) is 35.8 Å². The minimum Gasteiger partial charge on any atom is -0.386 e. The molecule has 0 aliphatic carbocycles. The number of amides is 1. The van der Waals surface area contributed by atoms with E-state index in [1.807, 2.05) is 85.7 Å². The minimum atomic E-state index is -4.40. The summed E-state index contributed by atoms with van der Waals surface area (Å²) in [5.41, 5.74) is 3.88. The number of carbonyl (C=O) groups is 1. The molecule has 2 aromatic rings. The fraction of sp³-hybridized carbons (Fsp3) is 0.552. The molecule has 0 atom stereocenters. The van der Waals surface area contributed by atoms with E-state index >= 15 is 0 Å². The molecular formula is C29H43NO5S. The Morgan fingerprint density at radius 3 is 1.64 bits per heavy atom. The molecule has 2 aromatic carbocycles. The molecule has 0 unspecified atom stereocenters. The Morgan fingerprint density at radius 2 is 1.28 bits per heavy atom. The van der Waals surface area contributed by atoms with Crippen molar-refractivity contribution >= 4 is 16.2 Å². The summed E-state index contributed by atoms with van der Waals surface area (Å²) in [5, 5.41) is 10.6. The second-order valence-corrected chi connectivity index (χ2v) is 12.6. The fourth-order valence-electron chi connectivity index (χ4n) is 4.35. The smallest absolute Gasteiger partial charge is 0.386 e. The number of hydrogen-bond acceptors (Lipinski definition) is 5. The highest BCUT2D eigenvalue weighted by atomic mass is 32.2. The Kier molecular flexibility index (Phi) is 9.41. The maximum Gasteiger partial charge on any atom is 0.409 e. The highest BCUT2D eigenvalue weighted by Crippen LogP contribution is 2.36. The highest BCUT2D eigenvalue weighted by Gasteiger charge is 2.27. The third-order valence-corrected chi connectivity index (χ3v) is 7.22. The predicted octanol–water partition coefficient (Wildman–Crippen LogP) is 6.39. The van der Waals surface area contributed by atoms with Crippen LogP contribution in [0.4, 0.5) is 0 Å². The van der Waals surface area contributed by atoms with Crippen molar-refractivity contribution in [1.29, 1.82) is 0 Å². The van der Waals surface area contributed by atoms with Gasteiger partial charge in [-0.15, -0.1) is 0 Å². The first-order valence-electron chi connectivity index (χ1n) is 12.7. The molecule has 0 saturated carbocycles. The molecule has 200 valence electrons. The van der Waals surface area contributed by atoms with E-state index in [9.17, 15) is 18.3 Å². The van der Waals surface area contributed by atoms with Gasteiger partial charge in [0.15, 0.2) is 5.75 Å². The zero-order valence-corrected chi connectivity index (χ0v) is 24.2. The number of hydrogen-bond donors (Lipinski definition) is 2. The van der Waals surface area contributed by atoms with Crippen LogP contribution in [-0.4, -0.2) is 19.4 Å². The number of carbonyl (C=O) groups excluding carboxylic acids is 1. The van der Waals surface area contributed by atoms with Gasteiger partial charge in [0.2, 0.25) is 5.91 Å². The second kappa shape index (κ2) is 11.3. The van der Waals surface area contributed by atoms with Gasteiger partial charge in [-0.25, -0.2) is 4.72 Å². The van der Waals surface area contributed by atoms with Crippen molar-refractivity contribution in [3.05, 3.63) is 63.7 Å². The van der Waals surface area contributed by atoms with Gasteiger partial charge in [0.05, 0.1) is 12.0 Å². The molecule has 36 heavy (non-hydrogen) atoms. The van der Waals surface area contributed by atoms with Gasteiger partial charge in [-0.1, -0.05) is 85.7 Å². The Morgan fingerprint density at radius 1 is 0.861 bits per heavy atom. The number of benzene rings is 2. The standard InChI is InChI=1S/C29H43NO5S/c1-17(2)22-12-11-13-23(18(3)4)28(22)35-36(33,34)30-27(31)16-26-24(19(5)6)14-21(29(9,10)32)15-25(26)20(7)8/h11-15,17-20,32H,16H2,1-10H3,(H,30,31). The normalized spacial score (nSPS) is 12.6. The van der Waals surface area contributed by atoms with Crippen molar-refractivity contribution in [3.8, 4) is 5.75 Å². The molecule has 0 aromatic heterocycles. The lowest BCUT2D eigenvalue weighted by Gasteiger charge is -2.26. The van der Waals surface area contributed by atoms with Crippen molar-refractivity contribution in [2.45, 2.75) is 105 Å². The van der Waals surface area contributed by atoms with E-state index < -0.39 is 21.8 Å². The van der Waals surface area contributed by atoms with Crippen LogP contribution in [0.25, 0.3) is 0 Å². The first-order chi connectivity index (χ1) is 16.4. The summed E-state index contributed by atoms with van der Waals surface area (Å²) in [4.78, 5) is 13.1. The molecule has 0 aliphatic heterocycles. The van der Waals surface area contributed by atoms with Crippen molar-refractivity contribution in [2.24, 2.45) is 0 Å². The molecule has 2 rings (SSSR count). The Labute approximate surface area is 217 Å². The van der Waals surface area contributed by atoms with E-state index in [0.717, 1.165) is 33.4 Å². The Balaban J connectivity index is 2.43. The van der Waals surface area contributed by atoms with E-state index in [1.165, 1.54) is 0 Å². The molecule has 2 N–H and O–H groups in total. The summed E-state index contributed by atoms with van der Waals surface area (Å²) < 4.78 is 33.6. The molecule has 0 fully saturated rings. The van der Waals surface area contributed by atoms with Gasteiger partial charge in [0.1, 0.15) is 0 Å². The maximum atomic E-state index is 13.1. The molecule has 1 amide bonds. The third-order valence-electron chi connectivity index (χ3n) is 6.36. The summed E-state index contributed by atoms with van der Waals surface area (Å²) in [7, 11) is -4.40. The maximum absolute atomic E-state index is 13.1. The van der Waals surface area contributed by atoms with Gasteiger partial charge in [-0.2, -0.15) is 8.42 Å². The van der Waals surface area contributed by atoms with Gasteiger partial charge in [0.25, 0.3) is 0 Å². The van der Waals surface area contributed by atoms with Crippen LogP contribution in [0.3, 0.4) is 0 Å². The number of rotatable bonds is 10. The largest absolute Gasteiger partial charge is 0.409 e.